The molecule has 3 heterocycles. The van der Waals surface area contributed by atoms with Crippen LogP contribution in [-0.4, -0.2) is 54.5 Å². The predicted octanol–water partition coefficient (Wildman–Crippen LogP) is 1.46. The zero-order valence-corrected chi connectivity index (χ0v) is 19.3. The maximum Gasteiger partial charge on any atom is 0.329 e. The fourth-order valence-electron chi connectivity index (χ4n) is 4.31. The fourth-order valence-corrected chi connectivity index (χ4v) is 4.31. The third-order valence-electron chi connectivity index (χ3n) is 6.11. The number of ketones is 1. The molecule has 0 amide bonds. The second kappa shape index (κ2) is 9.76. The molecule has 2 N–H and O–H groups in total. The van der Waals surface area contributed by atoms with Crippen molar-refractivity contribution in [2.24, 2.45) is 13.0 Å². The highest BCUT2D eigenvalue weighted by atomic mass is 16.5. The minimum absolute atomic E-state index is 0.0212. The monoisotopic (exact) mass is 453 g/mol. The summed E-state index contributed by atoms with van der Waals surface area (Å²) in [5, 5.41) is 3.34. The van der Waals surface area contributed by atoms with Gasteiger partial charge in [-0.2, -0.15) is 0 Å². The minimum Gasteiger partial charge on any atom is -0.340 e. The number of rotatable bonds is 8. The Hall–Kier alpha value is -3.17. The standard InChI is InChI=1S/C24H31N5O4/c1-16(2)10-12-28-20-21(31)26-23(32)27(3)22(20)29(14-19(30)18-7-5-4-6-8-18)24(28)33-15-17-9-11-25-13-17/h4-8,10,17,24-25H,9,11-15H2,1-3H3,(H,26,31,32)/t17?,24-/m1/s1. The predicted molar refractivity (Wildman–Crippen MR) is 128 cm³/mol. The normalized spacial score (nSPS) is 19.6. The molecule has 0 saturated carbocycles. The lowest BCUT2D eigenvalue weighted by atomic mass is 10.1. The van der Waals surface area contributed by atoms with Gasteiger partial charge in [0.2, 0.25) is 6.35 Å². The van der Waals surface area contributed by atoms with E-state index in [2.05, 4.69) is 10.3 Å². The van der Waals surface area contributed by atoms with E-state index in [0.717, 1.165) is 25.1 Å². The zero-order chi connectivity index (χ0) is 23.5. The molecule has 1 fully saturated rings. The number of fused-ring (bicyclic) bond motifs is 1. The Bertz CT molecular complexity index is 1140. The number of aromatic nitrogens is 2. The van der Waals surface area contributed by atoms with E-state index in [1.807, 2.05) is 43.0 Å². The molecule has 2 atom stereocenters. The van der Waals surface area contributed by atoms with Crippen LogP contribution in [0.1, 0.15) is 30.6 Å². The van der Waals surface area contributed by atoms with Crippen LogP contribution < -0.4 is 26.4 Å². The molecule has 2 aromatic rings. The number of aromatic amines is 1. The molecule has 2 aliphatic heterocycles. The molecule has 1 aromatic heterocycles. The SMILES string of the molecule is CC(C)=CCN1c2c(n(C)c(=O)[nH]c2=O)N(CC(=O)c2ccccc2)[C@@H]1OCC1CCNC1. The lowest BCUT2D eigenvalue weighted by Crippen LogP contribution is -2.49. The van der Waals surface area contributed by atoms with Gasteiger partial charge < -0.3 is 19.9 Å². The van der Waals surface area contributed by atoms with Gasteiger partial charge in [0.1, 0.15) is 11.5 Å². The Morgan fingerprint density at radius 1 is 1.18 bits per heavy atom. The van der Waals surface area contributed by atoms with E-state index in [0.29, 0.717) is 36.1 Å². The van der Waals surface area contributed by atoms with E-state index in [1.165, 1.54) is 4.57 Å². The van der Waals surface area contributed by atoms with Gasteiger partial charge in [0.15, 0.2) is 5.78 Å². The summed E-state index contributed by atoms with van der Waals surface area (Å²) in [6.45, 7) is 6.67. The van der Waals surface area contributed by atoms with E-state index >= 15 is 0 Å². The number of hydrogen-bond acceptors (Lipinski definition) is 7. The topological polar surface area (TPSA) is 99.7 Å². The molecule has 1 saturated heterocycles. The van der Waals surface area contributed by atoms with Crippen molar-refractivity contribution in [1.29, 1.82) is 0 Å². The van der Waals surface area contributed by atoms with Crippen molar-refractivity contribution in [3.63, 3.8) is 0 Å². The van der Waals surface area contributed by atoms with Crippen LogP contribution in [-0.2, 0) is 11.8 Å². The van der Waals surface area contributed by atoms with Crippen LogP contribution in [0.15, 0.2) is 51.6 Å². The molecule has 176 valence electrons. The summed E-state index contributed by atoms with van der Waals surface area (Å²) in [7, 11) is 1.60. The summed E-state index contributed by atoms with van der Waals surface area (Å²) in [5.74, 6) is 0.631. The summed E-state index contributed by atoms with van der Waals surface area (Å²) in [5.41, 5.74) is 0.982. The summed E-state index contributed by atoms with van der Waals surface area (Å²) < 4.78 is 7.76. The Kier molecular flexibility index (Phi) is 6.80. The van der Waals surface area contributed by atoms with E-state index in [4.69, 9.17) is 4.74 Å². The quantitative estimate of drug-likeness (QED) is 0.461. The highest BCUT2D eigenvalue weighted by Crippen LogP contribution is 2.36. The number of Topliss-reactive ketones (excluding diaryl/α,β-unsaturated/α-hetero) is 1. The van der Waals surface area contributed by atoms with Gasteiger partial charge in [-0.15, -0.1) is 0 Å². The third kappa shape index (κ3) is 4.79. The van der Waals surface area contributed by atoms with Crippen molar-refractivity contribution < 1.29 is 9.53 Å². The van der Waals surface area contributed by atoms with Gasteiger partial charge >= 0.3 is 5.69 Å². The number of carbonyl (C=O) groups is 1. The van der Waals surface area contributed by atoms with Crippen molar-refractivity contribution >= 4 is 17.3 Å². The molecule has 4 rings (SSSR count). The Morgan fingerprint density at radius 2 is 1.94 bits per heavy atom. The largest absolute Gasteiger partial charge is 0.340 e. The van der Waals surface area contributed by atoms with E-state index in [-0.39, 0.29) is 12.3 Å². The van der Waals surface area contributed by atoms with E-state index in [9.17, 15) is 14.4 Å². The number of carbonyl (C=O) groups excluding carboxylic acids is 1. The summed E-state index contributed by atoms with van der Waals surface area (Å²) >= 11 is 0. The highest BCUT2D eigenvalue weighted by Gasteiger charge is 2.42. The maximum atomic E-state index is 13.2. The van der Waals surface area contributed by atoms with Crippen LogP contribution in [0.3, 0.4) is 0 Å². The van der Waals surface area contributed by atoms with Gasteiger partial charge in [0.05, 0.1) is 13.2 Å². The molecule has 33 heavy (non-hydrogen) atoms. The molecule has 2 aliphatic rings. The molecule has 0 bridgehead atoms. The summed E-state index contributed by atoms with van der Waals surface area (Å²) in [6, 6.07) is 9.00. The number of nitrogens with one attached hydrogen (secondary N) is 2. The number of allylic oxidation sites excluding steroid dienone is 1. The van der Waals surface area contributed by atoms with Gasteiger partial charge in [-0.25, -0.2) is 4.79 Å². The molecule has 1 aromatic carbocycles. The molecule has 1 unspecified atom stereocenters. The van der Waals surface area contributed by atoms with Crippen LogP contribution in [0.2, 0.25) is 0 Å². The van der Waals surface area contributed by atoms with Crippen LogP contribution in [0.4, 0.5) is 11.5 Å². The average molecular weight is 454 g/mol. The lowest BCUT2D eigenvalue weighted by Gasteiger charge is -2.32. The minimum atomic E-state index is -0.682. The number of anilines is 2. The summed E-state index contributed by atoms with van der Waals surface area (Å²) in [4.78, 5) is 44.5. The molecular weight excluding hydrogens is 422 g/mol. The Labute approximate surface area is 192 Å². The molecule has 9 heteroatoms. The van der Waals surface area contributed by atoms with Gasteiger partial charge in [0.25, 0.3) is 5.56 Å². The number of benzene rings is 1. The van der Waals surface area contributed by atoms with Crippen molar-refractivity contribution in [2.45, 2.75) is 26.6 Å². The van der Waals surface area contributed by atoms with Crippen molar-refractivity contribution in [3.05, 3.63) is 68.4 Å². The van der Waals surface area contributed by atoms with Crippen LogP contribution in [0, 0.1) is 5.92 Å². The van der Waals surface area contributed by atoms with E-state index < -0.39 is 17.6 Å². The van der Waals surface area contributed by atoms with Crippen LogP contribution in [0.5, 0.6) is 0 Å². The molecule has 0 radical (unpaired) electrons. The second-order valence-corrected chi connectivity index (χ2v) is 8.86. The highest BCUT2D eigenvalue weighted by molar-refractivity contribution is 6.00. The summed E-state index contributed by atoms with van der Waals surface area (Å²) in [6.07, 6.45) is 2.33. The van der Waals surface area contributed by atoms with Crippen LogP contribution in [0.25, 0.3) is 0 Å². The third-order valence-corrected chi connectivity index (χ3v) is 6.11. The molecular formula is C24H31N5O4. The van der Waals surface area contributed by atoms with Crippen molar-refractivity contribution in [1.82, 2.24) is 14.9 Å². The van der Waals surface area contributed by atoms with Gasteiger partial charge in [-0.3, -0.25) is 19.1 Å². The Morgan fingerprint density at radius 3 is 2.61 bits per heavy atom. The first kappa shape index (κ1) is 23.0. The molecule has 0 spiro atoms. The number of hydrogen-bond donors (Lipinski definition) is 2. The Balaban J connectivity index is 1.75. The van der Waals surface area contributed by atoms with Gasteiger partial charge in [0, 0.05) is 25.7 Å². The molecule has 9 nitrogen and oxygen atoms in total. The first-order valence-electron chi connectivity index (χ1n) is 11.3. The second-order valence-electron chi connectivity index (χ2n) is 8.86. The molecule has 0 aliphatic carbocycles. The number of nitrogens with zero attached hydrogens (tertiary/aromatic N) is 3. The van der Waals surface area contributed by atoms with E-state index in [1.54, 1.807) is 24.1 Å². The van der Waals surface area contributed by atoms with Crippen LogP contribution >= 0.6 is 0 Å². The zero-order valence-electron chi connectivity index (χ0n) is 19.3. The first-order chi connectivity index (χ1) is 15.9. The number of H-pyrrole nitrogens is 1. The van der Waals surface area contributed by atoms with Crippen molar-refractivity contribution in [2.75, 3.05) is 42.6 Å². The smallest absolute Gasteiger partial charge is 0.329 e. The van der Waals surface area contributed by atoms with Gasteiger partial charge in [-0.1, -0.05) is 42.0 Å². The lowest BCUT2D eigenvalue weighted by molar-refractivity contribution is 0.0336. The number of ether oxygens (including phenoxy) is 1. The maximum absolute atomic E-state index is 13.2. The van der Waals surface area contributed by atoms with Crippen molar-refractivity contribution in [3.8, 4) is 0 Å². The first-order valence-corrected chi connectivity index (χ1v) is 11.3. The van der Waals surface area contributed by atoms with Gasteiger partial charge in [-0.05, 0) is 32.7 Å². The fraction of sp³-hybridized carbons (Fsp3) is 0.458. The average Bonchev–Trinajstić information content (AvgIpc) is 3.41.